The zero-order valence-corrected chi connectivity index (χ0v) is 6.83. The summed E-state index contributed by atoms with van der Waals surface area (Å²) in [6.07, 6.45) is 1.98. The Kier molecular flexibility index (Phi) is 2.32. The molecule has 0 spiro atoms. The second kappa shape index (κ2) is 3.24. The highest BCUT2D eigenvalue weighted by Gasteiger charge is 1.85. The molecule has 58 valence electrons. The van der Waals surface area contributed by atoms with Crippen molar-refractivity contribution in [3.63, 3.8) is 0 Å². The first-order valence-electron chi connectivity index (χ1n) is 3.67. The molecular formula is C10H12O. The summed E-state index contributed by atoms with van der Waals surface area (Å²) in [7, 11) is 0. The maximum atomic E-state index is 9.23. The average Bonchev–Trinajstić information content (AvgIpc) is 2.04. The maximum Gasteiger partial charge on any atom is 0.0969 e. The summed E-state index contributed by atoms with van der Waals surface area (Å²) in [4.78, 5) is 0. The predicted molar refractivity (Wildman–Crippen MR) is 47.5 cm³/mol. The molecular weight excluding hydrogens is 136 g/mol. The molecule has 0 aliphatic rings. The van der Waals surface area contributed by atoms with Gasteiger partial charge in [-0.3, -0.25) is 0 Å². The number of hydrogen-bond donors (Lipinski definition) is 1. The number of hydrogen-bond acceptors (Lipinski definition) is 1. The highest BCUT2D eigenvalue weighted by molar-refractivity contribution is 5.35. The lowest BCUT2D eigenvalue weighted by atomic mass is 10.2. The van der Waals surface area contributed by atoms with Crippen molar-refractivity contribution in [1.82, 2.24) is 0 Å². The fraction of sp³-hybridized carbons (Fsp3) is 0.200. The van der Waals surface area contributed by atoms with E-state index in [9.17, 15) is 5.11 Å². The average molecular weight is 148 g/mol. The van der Waals surface area contributed by atoms with E-state index in [1.807, 2.05) is 37.3 Å². The van der Waals surface area contributed by atoms with Crippen LogP contribution in [-0.4, -0.2) is 5.11 Å². The van der Waals surface area contributed by atoms with E-state index in [1.165, 1.54) is 0 Å². The third-order valence-corrected chi connectivity index (χ3v) is 1.66. The molecule has 1 heteroatoms. The highest BCUT2D eigenvalue weighted by Crippen LogP contribution is 1.78. The lowest BCUT2D eigenvalue weighted by molar-refractivity contribution is 0.498. The van der Waals surface area contributed by atoms with E-state index in [2.05, 4.69) is 0 Å². The van der Waals surface area contributed by atoms with Gasteiger partial charge >= 0.3 is 0 Å². The quantitative estimate of drug-likeness (QED) is 0.585. The summed E-state index contributed by atoms with van der Waals surface area (Å²) in [6, 6.07) is 7.77. The van der Waals surface area contributed by atoms with Gasteiger partial charge in [0.25, 0.3) is 0 Å². The van der Waals surface area contributed by atoms with Crippen molar-refractivity contribution in [3.05, 3.63) is 34.7 Å². The minimum Gasteiger partial charge on any atom is -0.512 e. The second-order valence-corrected chi connectivity index (χ2v) is 2.46. The Hall–Kier alpha value is -1.24. The molecule has 0 saturated carbocycles. The third kappa shape index (κ3) is 1.61. The maximum absolute atomic E-state index is 9.23. The van der Waals surface area contributed by atoms with Crippen molar-refractivity contribution in [3.8, 4) is 0 Å². The molecule has 0 saturated heterocycles. The van der Waals surface area contributed by atoms with Crippen molar-refractivity contribution >= 4 is 11.8 Å². The van der Waals surface area contributed by atoms with E-state index in [1.54, 1.807) is 6.92 Å². The summed E-state index contributed by atoms with van der Waals surface area (Å²) < 4.78 is 0. The van der Waals surface area contributed by atoms with Crippen molar-refractivity contribution in [2.75, 3.05) is 0 Å². The number of aliphatic hydroxyl groups is 1. The molecule has 0 radical (unpaired) electrons. The van der Waals surface area contributed by atoms with Crippen LogP contribution in [0.1, 0.15) is 13.8 Å². The van der Waals surface area contributed by atoms with Crippen LogP contribution in [0.3, 0.4) is 0 Å². The zero-order chi connectivity index (χ0) is 8.27. The second-order valence-electron chi connectivity index (χ2n) is 2.46. The Morgan fingerprint density at radius 3 is 2.45 bits per heavy atom. The topological polar surface area (TPSA) is 20.2 Å². The zero-order valence-electron chi connectivity index (χ0n) is 6.83. The van der Waals surface area contributed by atoms with Gasteiger partial charge in [0.2, 0.25) is 0 Å². The summed E-state index contributed by atoms with van der Waals surface area (Å²) in [6.45, 7) is 3.66. The minimum absolute atomic E-state index is 0.374. The van der Waals surface area contributed by atoms with E-state index < -0.39 is 0 Å². The van der Waals surface area contributed by atoms with Gasteiger partial charge in [-0.05, 0) is 19.1 Å². The molecule has 0 fully saturated rings. The normalized spacial score (nSPS) is 14.9. The predicted octanol–water partition coefficient (Wildman–Crippen LogP) is 1.17. The Labute approximate surface area is 66.3 Å². The molecule has 0 heterocycles. The van der Waals surface area contributed by atoms with Gasteiger partial charge in [0.05, 0.1) is 5.76 Å². The van der Waals surface area contributed by atoms with Gasteiger partial charge in [-0.2, -0.15) is 0 Å². The van der Waals surface area contributed by atoms with E-state index in [4.69, 9.17) is 0 Å². The van der Waals surface area contributed by atoms with E-state index >= 15 is 0 Å². The van der Waals surface area contributed by atoms with Crippen LogP contribution >= 0.6 is 0 Å². The van der Waals surface area contributed by atoms with Crippen LogP contribution < -0.4 is 10.4 Å². The van der Waals surface area contributed by atoms with Crippen molar-refractivity contribution in [1.29, 1.82) is 0 Å². The largest absolute Gasteiger partial charge is 0.512 e. The minimum atomic E-state index is 0.374. The van der Waals surface area contributed by atoms with Crippen LogP contribution in [-0.2, 0) is 0 Å². The standard InChI is InChI=1S/C10H12O/c1-3-9-6-4-5-7-10(9)8(2)11/h3-7,11H,1-2H3/b9-3+,10-8-. The van der Waals surface area contributed by atoms with E-state index in [0.717, 1.165) is 10.4 Å². The Morgan fingerprint density at radius 1 is 1.36 bits per heavy atom. The number of rotatable bonds is 0. The van der Waals surface area contributed by atoms with Crippen LogP contribution in [0, 0.1) is 0 Å². The highest BCUT2D eigenvalue weighted by atomic mass is 16.3. The molecule has 1 rings (SSSR count). The van der Waals surface area contributed by atoms with E-state index in [0.29, 0.717) is 5.76 Å². The van der Waals surface area contributed by atoms with Crippen LogP contribution in [0.4, 0.5) is 0 Å². The molecule has 0 bridgehead atoms. The number of aliphatic hydroxyl groups excluding tert-OH is 1. The summed E-state index contributed by atoms with van der Waals surface area (Å²) in [5.41, 5.74) is 0. The van der Waals surface area contributed by atoms with Gasteiger partial charge in [-0.1, -0.05) is 30.3 Å². The molecule has 1 N–H and O–H groups in total. The molecule has 1 aromatic carbocycles. The monoisotopic (exact) mass is 148 g/mol. The van der Waals surface area contributed by atoms with Gasteiger partial charge < -0.3 is 5.11 Å². The van der Waals surface area contributed by atoms with Gasteiger partial charge in [0.15, 0.2) is 0 Å². The Bertz CT molecular complexity index is 345. The lowest BCUT2D eigenvalue weighted by Gasteiger charge is -1.90. The first-order valence-corrected chi connectivity index (χ1v) is 3.67. The molecule has 1 aromatic rings. The molecule has 0 aliphatic carbocycles. The first kappa shape index (κ1) is 7.86. The molecule has 0 aromatic heterocycles. The van der Waals surface area contributed by atoms with Crippen LogP contribution in [0.15, 0.2) is 24.3 Å². The smallest absolute Gasteiger partial charge is 0.0969 e. The van der Waals surface area contributed by atoms with Gasteiger partial charge in [-0.25, -0.2) is 0 Å². The molecule has 0 atom stereocenters. The van der Waals surface area contributed by atoms with Crippen LogP contribution in [0.25, 0.3) is 11.8 Å². The molecule has 0 unspecified atom stereocenters. The summed E-state index contributed by atoms with van der Waals surface area (Å²) >= 11 is 0. The summed E-state index contributed by atoms with van der Waals surface area (Å²) in [5.74, 6) is 0.374. The third-order valence-electron chi connectivity index (χ3n) is 1.66. The van der Waals surface area contributed by atoms with Crippen LogP contribution in [0.5, 0.6) is 0 Å². The van der Waals surface area contributed by atoms with Crippen molar-refractivity contribution in [2.45, 2.75) is 13.8 Å². The Balaban J connectivity index is 3.64. The Morgan fingerprint density at radius 2 is 2.00 bits per heavy atom. The van der Waals surface area contributed by atoms with Crippen molar-refractivity contribution in [2.24, 2.45) is 0 Å². The van der Waals surface area contributed by atoms with E-state index in [-0.39, 0.29) is 0 Å². The first-order chi connectivity index (χ1) is 5.25. The fourth-order valence-corrected chi connectivity index (χ4v) is 1.08. The van der Waals surface area contributed by atoms with Crippen LogP contribution in [0.2, 0.25) is 0 Å². The summed E-state index contributed by atoms with van der Waals surface area (Å²) in [5, 5.41) is 11.2. The fourth-order valence-electron chi connectivity index (χ4n) is 1.08. The number of benzene rings is 1. The lowest BCUT2D eigenvalue weighted by Crippen LogP contribution is -2.25. The molecule has 1 nitrogen and oxygen atoms in total. The molecule has 0 amide bonds. The molecule has 0 aliphatic heterocycles. The van der Waals surface area contributed by atoms with Gasteiger partial charge in [-0.15, -0.1) is 0 Å². The van der Waals surface area contributed by atoms with Gasteiger partial charge in [0, 0.05) is 5.22 Å². The van der Waals surface area contributed by atoms with Gasteiger partial charge in [0.1, 0.15) is 0 Å². The van der Waals surface area contributed by atoms with Crippen molar-refractivity contribution < 1.29 is 5.11 Å². The SMILES string of the molecule is C/C=c1\cccc\c1=C(/C)O. The molecule has 11 heavy (non-hydrogen) atoms.